The molecule has 3 aromatic heterocycles. The van der Waals surface area contributed by atoms with Crippen molar-refractivity contribution in [3.05, 3.63) is 125 Å². The predicted molar refractivity (Wildman–Crippen MR) is 157 cm³/mol. The summed E-state index contributed by atoms with van der Waals surface area (Å²) in [5, 5.41) is 3.05. The Labute approximate surface area is 233 Å². The molecule has 0 spiro atoms. The Morgan fingerprint density at radius 2 is 1.82 bits per heavy atom. The largest absolute Gasteiger partial charge is 0.463 e. The third-order valence-corrected chi connectivity index (χ3v) is 8.98. The normalized spacial score (nSPS) is 15.5. The van der Waals surface area contributed by atoms with Crippen molar-refractivity contribution in [2.45, 2.75) is 33.4 Å². The maximum absolute atomic E-state index is 14.0. The van der Waals surface area contributed by atoms with E-state index in [9.17, 15) is 9.59 Å². The number of para-hydroxylation sites is 1. The van der Waals surface area contributed by atoms with Gasteiger partial charge in [0.25, 0.3) is 5.56 Å². The molecule has 0 bridgehead atoms. The second-order valence-electron chi connectivity index (χ2n) is 9.41. The monoisotopic (exact) mass is 553 g/mol. The molecular formula is C31H27N3O3S2. The molecule has 5 aromatic rings. The molecule has 0 fully saturated rings. The van der Waals surface area contributed by atoms with Crippen LogP contribution in [0.1, 0.15) is 41.6 Å². The number of esters is 1. The van der Waals surface area contributed by atoms with Gasteiger partial charge in [-0.15, -0.1) is 11.3 Å². The molecule has 8 heteroatoms. The number of ether oxygens (including phenoxy) is 1. The Morgan fingerprint density at radius 3 is 2.56 bits per heavy atom. The summed E-state index contributed by atoms with van der Waals surface area (Å²) in [6, 6.07) is 22.0. The van der Waals surface area contributed by atoms with Crippen LogP contribution in [0.5, 0.6) is 0 Å². The van der Waals surface area contributed by atoms with Gasteiger partial charge in [-0.25, -0.2) is 9.79 Å². The molecule has 0 aliphatic carbocycles. The topological polar surface area (TPSA) is 65.6 Å². The van der Waals surface area contributed by atoms with Gasteiger partial charge in [0.05, 0.1) is 22.4 Å². The van der Waals surface area contributed by atoms with Crippen LogP contribution in [-0.2, 0) is 16.1 Å². The van der Waals surface area contributed by atoms with Crippen molar-refractivity contribution in [3.63, 3.8) is 0 Å². The van der Waals surface area contributed by atoms with E-state index >= 15 is 0 Å². The van der Waals surface area contributed by atoms with Gasteiger partial charge in [0.15, 0.2) is 4.80 Å². The van der Waals surface area contributed by atoms with E-state index in [4.69, 9.17) is 9.73 Å². The van der Waals surface area contributed by atoms with Gasteiger partial charge in [-0.05, 0) is 49.9 Å². The fraction of sp³-hybridized carbons (Fsp3) is 0.194. The van der Waals surface area contributed by atoms with Crippen LogP contribution in [0.2, 0.25) is 0 Å². The van der Waals surface area contributed by atoms with Crippen molar-refractivity contribution in [3.8, 4) is 0 Å². The average molecular weight is 554 g/mol. The highest BCUT2D eigenvalue weighted by atomic mass is 32.1. The van der Waals surface area contributed by atoms with Crippen molar-refractivity contribution in [1.82, 2.24) is 9.13 Å². The number of fused-ring (bicyclic) bond motifs is 2. The average Bonchev–Trinajstić information content (AvgIpc) is 3.64. The van der Waals surface area contributed by atoms with E-state index in [-0.39, 0.29) is 12.2 Å². The van der Waals surface area contributed by atoms with Crippen molar-refractivity contribution >= 4 is 45.6 Å². The molecule has 0 N–H and O–H groups in total. The van der Waals surface area contributed by atoms with Gasteiger partial charge in [0.2, 0.25) is 0 Å². The highest BCUT2D eigenvalue weighted by Crippen LogP contribution is 2.33. The van der Waals surface area contributed by atoms with E-state index in [1.165, 1.54) is 28.2 Å². The number of carbonyl (C=O) groups excluding carboxylic acids is 1. The first-order chi connectivity index (χ1) is 19.0. The minimum absolute atomic E-state index is 0.161. The molecule has 0 saturated carbocycles. The lowest BCUT2D eigenvalue weighted by atomic mass is 10.0. The Kier molecular flexibility index (Phi) is 6.66. The van der Waals surface area contributed by atoms with Crippen LogP contribution in [0.25, 0.3) is 17.0 Å². The Morgan fingerprint density at radius 1 is 1.05 bits per heavy atom. The highest BCUT2D eigenvalue weighted by Gasteiger charge is 2.34. The lowest BCUT2D eigenvalue weighted by molar-refractivity contribution is -0.139. The number of hydrogen-bond acceptors (Lipinski definition) is 6. The first-order valence-corrected chi connectivity index (χ1v) is 14.5. The molecule has 0 saturated heterocycles. The molecule has 1 aliphatic rings. The smallest absolute Gasteiger partial charge is 0.338 e. The standard InChI is InChI=1S/C31H27N3O3S2/c1-4-37-30(36)27-19(2)32-31-34(28(27)25-15-10-16-38-25)29(35)26(39-31)17-23-20(3)33(18-21-11-6-5-7-12-21)24-14-9-8-13-22(23)24/h5-17,28H,4,18H2,1-3H3/b26-17-/t28-/m1/s1. The minimum Gasteiger partial charge on any atom is -0.463 e. The number of thiophene rings is 1. The zero-order valence-electron chi connectivity index (χ0n) is 21.9. The van der Waals surface area contributed by atoms with Gasteiger partial charge < -0.3 is 9.30 Å². The summed E-state index contributed by atoms with van der Waals surface area (Å²) in [6.45, 7) is 6.68. The van der Waals surface area contributed by atoms with E-state index in [1.54, 1.807) is 11.5 Å². The van der Waals surface area contributed by atoms with Crippen LogP contribution in [-0.4, -0.2) is 21.7 Å². The van der Waals surface area contributed by atoms with Crippen molar-refractivity contribution in [2.75, 3.05) is 6.61 Å². The first kappa shape index (κ1) is 25.3. The number of rotatable bonds is 6. The minimum atomic E-state index is -0.567. The molecule has 196 valence electrons. The zero-order chi connectivity index (χ0) is 27.1. The Balaban J connectivity index is 1.54. The fourth-order valence-corrected chi connectivity index (χ4v) is 7.10. The van der Waals surface area contributed by atoms with Crippen LogP contribution >= 0.6 is 22.7 Å². The van der Waals surface area contributed by atoms with Crippen LogP contribution in [0, 0.1) is 6.92 Å². The highest BCUT2D eigenvalue weighted by molar-refractivity contribution is 7.10. The van der Waals surface area contributed by atoms with E-state index in [1.807, 2.05) is 48.7 Å². The molecule has 1 atom stereocenters. The van der Waals surface area contributed by atoms with Crippen molar-refractivity contribution < 1.29 is 9.53 Å². The van der Waals surface area contributed by atoms with Gasteiger partial charge in [0, 0.05) is 33.6 Å². The van der Waals surface area contributed by atoms with Crippen LogP contribution < -0.4 is 14.9 Å². The summed E-state index contributed by atoms with van der Waals surface area (Å²) in [5.74, 6) is -0.439. The molecule has 6 rings (SSSR count). The van der Waals surface area contributed by atoms with Crippen LogP contribution in [0.3, 0.4) is 0 Å². The zero-order valence-corrected chi connectivity index (χ0v) is 23.5. The molecule has 4 heterocycles. The predicted octanol–water partition coefficient (Wildman–Crippen LogP) is 5.17. The number of nitrogens with zero attached hydrogens (tertiary/aromatic N) is 3. The summed E-state index contributed by atoms with van der Waals surface area (Å²) in [6.07, 6.45) is 1.98. The van der Waals surface area contributed by atoms with Gasteiger partial charge in [-0.2, -0.15) is 0 Å². The number of hydrogen-bond donors (Lipinski definition) is 0. The van der Waals surface area contributed by atoms with Gasteiger partial charge in [-0.3, -0.25) is 9.36 Å². The molecule has 1 aliphatic heterocycles. The third-order valence-electron chi connectivity index (χ3n) is 7.07. The van der Waals surface area contributed by atoms with E-state index in [0.29, 0.717) is 20.6 Å². The maximum Gasteiger partial charge on any atom is 0.338 e. The summed E-state index contributed by atoms with van der Waals surface area (Å²) in [5.41, 5.74) is 5.26. The second kappa shape index (κ2) is 10.3. The van der Waals surface area contributed by atoms with Crippen molar-refractivity contribution in [1.29, 1.82) is 0 Å². The SMILES string of the molecule is CCOC(=O)C1=C(C)N=c2s/c(=C\c3c(C)n(Cc4ccccc4)c4ccccc34)c(=O)n2[C@@H]1c1cccs1. The summed E-state index contributed by atoms with van der Waals surface area (Å²) >= 11 is 2.87. The van der Waals surface area contributed by atoms with Gasteiger partial charge >= 0.3 is 5.97 Å². The number of carbonyl (C=O) groups is 1. The van der Waals surface area contributed by atoms with Crippen molar-refractivity contribution in [2.24, 2.45) is 4.99 Å². The molecule has 39 heavy (non-hydrogen) atoms. The summed E-state index contributed by atoms with van der Waals surface area (Å²) in [7, 11) is 0. The van der Waals surface area contributed by atoms with E-state index in [0.717, 1.165) is 33.6 Å². The second-order valence-corrected chi connectivity index (χ2v) is 11.4. The van der Waals surface area contributed by atoms with Crippen LogP contribution in [0.4, 0.5) is 0 Å². The Hall–Kier alpha value is -4.01. The lowest BCUT2D eigenvalue weighted by Crippen LogP contribution is -2.39. The first-order valence-electron chi connectivity index (χ1n) is 12.8. The summed E-state index contributed by atoms with van der Waals surface area (Å²) in [4.78, 5) is 33.2. The number of benzene rings is 2. The Bertz CT molecular complexity index is 1910. The molecule has 0 amide bonds. The number of thiazole rings is 1. The maximum atomic E-state index is 14.0. The number of allylic oxidation sites excluding steroid dienone is 1. The van der Waals surface area contributed by atoms with E-state index in [2.05, 4.69) is 47.9 Å². The molecule has 0 radical (unpaired) electrons. The van der Waals surface area contributed by atoms with Gasteiger partial charge in [0.1, 0.15) is 6.04 Å². The lowest BCUT2D eigenvalue weighted by Gasteiger charge is -2.23. The van der Waals surface area contributed by atoms with E-state index < -0.39 is 12.0 Å². The quantitative estimate of drug-likeness (QED) is 0.273. The number of aromatic nitrogens is 2. The fourth-order valence-electron chi connectivity index (χ4n) is 5.25. The molecule has 6 nitrogen and oxygen atoms in total. The molecule has 2 aromatic carbocycles. The van der Waals surface area contributed by atoms with Gasteiger partial charge in [-0.1, -0.05) is 65.9 Å². The van der Waals surface area contributed by atoms with Crippen LogP contribution in [0.15, 0.2) is 93.2 Å². The molecule has 0 unspecified atom stereocenters. The molecular weight excluding hydrogens is 526 g/mol. The summed E-state index contributed by atoms with van der Waals surface area (Å²) < 4.78 is 9.91. The third kappa shape index (κ3) is 4.39.